The predicted octanol–water partition coefficient (Wildman–Crippen LogP) is 4.29. The molecule has 7 heteroatoms. The molecule has 0 spiro atoms. The molecule has 1 aliphatic rings. The van der Waals surface area contributed by atoms with E-state index in [4.69, 9.17) is 4.74 Å². The van der Waals surface area contributed by atoms with Crippen LogP contribution in [0, 0.1) is 19.3 Å². The van der Waals surface area contributed by atoms with Gasteiger partial charge in [0.25, 0.3) is 5.91 Å². The fourth-order valence-corrected chi connectivity index (χ4v) is 4.13. The number of anilines is 1. The maximum absolute atomic E-state index is 13.8. The lowest BCUT2D eigenvalue weighted by Crippen LogP contribution is -2.67. The first-order chi connectivity index (χ1) is 13.9. The van der Waals surface area contributed by atoms with E-state index in [2.05, 4.69) is 5.32 Å². The van der Waals surface area contributed by atoms with E-state index in [0.717, 1.165) is 11.1 Å². The van der Waals surface area contributed by atoms with E-state index in [1.807, 2.05) is 52.8 Å². The highest BCUT2D eigenvalue weighted by molar-refractivity contribution is 6.02. The van der Waals surface area contributed by atoms with Gasteiger partial charge < -0.3 is 15.2 Å². The minimum Gasteiger partial charge on any atom is -0.465 e. The van der Waals surface area contributed by atoms with Gasteiger partial charge in [-0.15, -0.1) is 0 Å². The van der Waals surface area contributed by atoms with Gasteiger partial charge in [0.05, 0.1) is 6.61 Å². The lowest BCUT2D eigenvalue weighted by atomic mass is 9.66. The third-order valence-corrected chi connectivity index (χ3v) is 5.78. The molecular formula is C23H32N2O5. The molecule has 1 unspecified atom stereocenters. The molecule has 1 aliphatic heterocycles. The molecule has 2 amide bonds. The average molecular weight is 417 g/mol. The molecule has 1 aromatic carbocycles. The summed E-state index contributed by atoms with van der Waals surface area (Å²) in [6.45, 7) is 11.4. The number of likely N-dealkylation sites (tertiary alicyclic amines) is 1. The number of carbonyl (C=O) groups excluding carboxylic acids is 2. The highest BCUT2D eigenvalue weighted by Crippen LogP contribution is 2.45. The maximum Gasteiger partial charge on any atom is 0.408 e. The summed E-state index contributed by atoms with van der Waals surface area (Å²) >= 11 is 0. The number of rotatable bonds is 4. The predicted molar refractivity (Wildman–Crippen MR) is 115 cm³/mol. The second-order valence-electron chi connectivity index (χ2n) is 8.75. The summed E-state index contributed by atoms with van der Waals surface area (Å²) < 4.78 is 5.01. The molecule has 7 nitrogen and oxygen atoms in total. The molecule has 0 aromatic heterocycles. The zero-order chi connectivity index (χ0) is 22.7. The zero-order valence-electron chi connectivity index (χ0n) is 18.7. The molecule has 2 rings (SSSR count). The monoisotopic (exact) mass is 416 g/mol. The van der Waals surface area contributed by atoms with Crippen LogP contribution >= 0.6 is 0 Å². The smallest absolute Gasteiger partial charge is 0.408 e. The Hall–Kier alpha value is -2.83. The number of hydrogen-bond acceptors (Lipinski definition) is 4. The Labute approximate surface area is 178 Å². The zero-order valence-corrected chi connectivity index (χ0v) is 18.7. The Morgan fingerprint density at radius 1 is 1.23 bits per heavy atom. The van der Waals surface area contributed by atoms with Crippen LogP contribution in [0.25, 0.3) is 0 Å². The van der Waals surface area contributed by atoms with Gasteiger partial charge in [-0.25, -0.2) is 9.59 Å². The number of aryl methyl sites for hydroxylation is 2. The quantitative estimate of drug-likeness (QED) is 0.564. The molecule has 1 atom stereocenters. The SMILES string of the molecule is CCOC(=O)C=C1CCN(C(=O)O)C(C(=O)Nc2c(C)cccc2C)(C(C)(C)C)C1. The van der Waals surface area contributed by atoms with Crippen LogP contribution in [0.2, 0.25) is 0 Å². The van der Waals surface area contributed by atoms with Crippen molar-refractivity contribution in [2.45, 2.75) is 59.9 Å². The molecule has 0 aliphatic carbocycles. The first kappa shape index (κ1) is 23.4. The molecular weight excluding hydrogens is 384 g/mol. The number of amides is 2. The van der Waals surface area contributed by atoms with E-state index in [-0.39, 0.29) is 19.6 Å². The van der Waals surface area contributed by atoms with Gasteiger partial charge in [-0.3, -0.25) is 9.69 Å². The Morgan fingerprint density at radius 3 is 2.33 bits per heavy atom. The number of piperidine rings is 1. The van der Waals surface area contributed by atoms with Crippen LogP contribution < -0.4 is 5.32 Å². The molecule has 1 saturated heterocycles. The summed E-state index contributed by atoms with van der Waals surface area (Å²) in [7, 11) is 0. The number of hydrogen-bond donors (Lipinski definition) is 2. The number of carbonyl (C=O) groups is 3. The lowest BCUT2D eigenvalue weighted by molar-refractivity contribution is -0.138. The van der Waals surface area contributed by atoms with Crippen molar-refractivity contribution in [3.63, 3.8) is 0 Å². The first-order valence-electron chi connectivity index (χ1n) is 10.2. The van der Waals surface area contributed by atoms with Crippen molar-refractivity contribution in [3.05, 3.63) is 41.0 Å². The second-order valence-corrected chi connectivity index (χ2v) is 8.75. The van der Waals surface area contributed by atoms with Gasteiger partial charge >= 0.3 is 12.1 Å². The third-order valence-electron chi connectivity index (χ3n) is 5.78. The molecule has 1 aromatic rings. The Morgan fingerprint density at radius 2 is 1.83 bits per heavy atom. The maximum atomic E-state index is 13.8. The van der Waals surface area contributed by atoms with Crippen molar-refractivity contribution in [1.29, 1.82) is 0 Å². The van der Waals surface area contributed by atoms with Gasteiger partial charge in [0.1, 0.15) is 5.54 Å². The number of nitrogens with zero attached hydrogens (tertiary/aromatic N) is 1. The minimum atomic E-state index is -1.38. The van der Waals surface area contributed by atoms with Crippen molar-refractivity contribution >= 4 is 23.7 Å². The molecule has 0 radical (unpaired) electrons. The van der Waals surface area contributed by atoms with Crippen molar-refractivity contribution in [1.82, 2.24) is 4.90 Å². The van der Waals surface area contributed by atoms with Crippen molar-refractivity contribution in [3.8, 4) is 0 Å². The highest BCUT2D eigenvalue weighted by Gasteiger charge is 2.57. The first-order valence-corrected chi connectivity index (χ1v) is 10.2. The van der Waals surface area contributed by atoms with Crippen LogP contribution in [0.5, 0.6) is 0 Å². The van der Waals surface area contributed by atoms with E-state index in [1.54, 1.807) is 6.92 Å². The number of para-hydroxylation sites is 1. The average Bonchev–Trinajstić information content (AvgIpc) is 2.63. The van der Waals surface area contributed by atoms with Crippen LogP contribution in [0.1, 0.15) is 51.7 Å². The summed E-state index contributed by atoms with van der Waals surface area (Å²) in [4.78, 5) is 39.2. The molecule has 0 bridgehead atoms. The Bertz CT molecular complexity index is 849. The lowest BCUT2D eigenvalue weighted by Gasteiger charge is -2.52. The summed E-state index contributed by atoms with van der Waals surface area (Å²) in [5.41, 5.74) is 1.06. The topological polar surface area (TPSA) is 95.9 Å². The van der Waals surface area contributed by atoms with Crippen LogP contribution in [0.15, 0.2) is 29.8 Å². The fourth-order valence-electron chi connectivity index (χ4n) is 4.13. The summed E-state index contributed by atoms with van der Waals surface area (Å²) in [6, 6.07) is 5.70. The van der Waals surface area contributed by atoms with Crippen molar-refractivity contribution in [2.75, 3.05) is 18.5 Å². The van der Waals surface area contributed by atoms with Crippen LogP contribution in [-0.2, 0) is 14.3 Å². The van der Waals surface area contributed by atoms with Gasteiger partial charge in [0.2, 0.25) is 0 Å². The summed E-state index contributed by atoms with van der Waals surface area (Å²) in [5, 5.41) is 12.9. The number of benzene rings is 1. The minimum absolute atomic E-state index is 0.123. The molecule has 164 valence electrons. The van der Waals surface area contributed by atoms with Crippen molar-refractivity contribution < 1.29 is 24.2 Å². The number of esters is 1. The summed E-state index contributed by atoms with van der Waals surface area (Å²) in [6.07, 6.45) is 0.741. The number of ether oxygens (including phenoxy) is 1. The standard InChI is InChI=1S/C23H32N2O5/c1-7-30-18(26)13-17-11-12-25(21(28)29)23(14-17,22(4,5)6)20(27)24-19-15(2)9-8-10-16(19)3/h8-10,13H,7,11-12,14H2,1-6H3,(H,24,27)(H,28,29). The summed E-state index contributed by atoms with van der Waals surface area (Å²) in [5.74, 6) is -0.876. The van der Waals surface area contributed by atoms with Gasteiger partial charge in [-0.05, 0) is 43.7 Å². The van der Waals surface area contributed by atoms with E-state index in [1.165, 1.54) is 11.0 Å². The second kappa shape index (κ2) is 8.90. The number of nitrogens with one attached hydrogen (secondary N) is 1. The molecule has 0 saturated carbocycles. The van der Waals surface area contributed by atoms with E-state index in [9.17, 15) is 19.5 Å². The van der Waals surface area contributed by atoms with Gasteiger partial charge in [0, 0.05) is 24.7 Å². The molecule has 1 heterocycles. The van der Waals surface area contributed by atoms with Gasteiger partial charge in [0.15, 0.2) is 0 Å². The highest BCUT2D eigenvalue weighted by atomic mass is 16.5. The van der Waals surface area contributed by atoms with Crippen LogP contribution in [-0.4, -0.2) is 46.7 Å². The third kappa shape index (κ3) is 4.50. The van der Waals surface area contributed by atoms with Crippen LogP contribution in [0.4, 0.5) is 10.5 Å². The van der Waals surface area contributed by atoms with Crippen molar-refractivity contribution in [2.24, 2.45) is 5.41 Å². The van der Waals surface area contributed by atoms with Gasteiger partial charge in [-0.1, -0.05) is 44.5 Å². The van der Waals surface area contributed by atoms with E-state index in [0.29, 0.717) is 17.7 Å². The fraction of sp³-hybridized carbons (Fsp3) is 0.522. The molecule has 2 N–H and O–H groups in total. The molecule has 1 fully saturated rings. The molecule has 30 heavy (non-hydrogen) atoms. The van der Waals surface area contributed by atoms with Gasteiger partial charge in [-0.2, -0.15) is 0 Å². The Kier molecular flexibility index (Phi) is 6.95. The Balaban J connectivity index is 2.56. The number of carboxylic acid groups (broad SMARTS) is 1. The van der Waals surface area contributed by atoms with Crippen LogP contribution in [0.3, 0.4) is 0 Å². The van der Waals surface area contributed by atoms with E-state index < -0.39 is 28.9 Å². The van der Waals surface area contributed by atoms with E-state index >= 15 is 0 Å². The normalized spacial score (nSPS) is 20.7. The largest absolute Gasteiger partial charge is 0.465 e.